The fourth-order valence-corrected chi connectivity index (χ4v) is 2.07. The number of nitrogens with one attached hydrogen (secondary N) is 2. The average Bonchev–Trinajstić information content (AvgIpc) is 3.17. The minimum absolute atomic E-state index is 0.00817. The number of carboxylic acid groups (broad SMARTS) is 1. The fourth-order valence-electron chi connectivity index (χ4n) is 1.73. The predicted octanol–water partition coefficient (Wildman–Crippen LogP) is 2.71. The Hall–Kier alpha value is -1.70. The molecular formula is C12H11BrF2N2O3. The van der Waals surface area contributed by atoms with E-state index >= 15 is 0 Å². The van der Waals surface area contributed by atoms with Crippen LogP contribution in [0.5, 0.6) is 0 Å². The van der Waals surface area contributed by atoms with Crippen molar-refractivity contribution in [2.75, 3.05) is 5.32 Å². The molecule has 1 saturated carbocycles. The summed E-state index contributed by atoms with van der Waals surface area (Å²) in [6.45, 7) is 0. The van der Waals surface area contributed by atoms with Crippen molar-refractivity contribution in [1.29, 1.82) is 0 Å². The monoisotopic (exact) mass is 348 g/mol. The quantitative estimate of drug-likeness (QED) is 0.732. The molecule has 1 unspecified atom stereocenters. The van der Waals surface area contributed by atoms with Crippen molar-refractivity contribution in [1.82, 2.24) is 5.32 Å². The maximum Gasteiger partial charge on any atom is 0.326 e. The smallest absolute Gasteiger partial charge is 0.326 e. The molecule has 2 amide bonds. The highest BCUT2D eigenvalue weighted by Gasteiger charge is 2.37. The largest absolute Gasteiger partial charge is 0.480 e. The molecule has 1 aromatic carbocycles. The van der Waals surface area contributed by atoms with Crippen LogP contribution in [-0.4, -0.2) is 23.1 Å². The summed E-state index contributed by atoms with van der Waals surface area (Å²) in [7, 11) is 0. The lowest BCUT2D eigenvalue weighted by Crippen LogP contribution is -2.44. The van der Waals surface area contributed by atoms with Gasteiger partial charge >= 0.3 is 12.0 Å². The normalized spacial score (nSPS) is 15.6. The van der Waals surface area contributed by atoms with E-state index < -0.39 is 29.7 Å². The lowest BCUT2D eigenvalue weighted by molar-refractivity contribution is -0.139. The molecule has 0 bridgehead atoms. The molecule has 1 aromatic rings. The fraction of sp³-hybridized carbons (Fsp3) is 0.333. The Bertz CT molecular complexity index is 564. The SMILES string of the molecule is O=C(Nc1cc(Br)c(F)cc1F)NC(C(=O)O)C1CC1. The van der Waals surface area contributed by atoms with Gasteiger partial charge in [-0.25, -0.2) is 18.4 Å². The van der Waals surface area contributed by atoms with Gasteiger partial charge in [0.05, 0.1) is 10.2 Å². The van der Waals surface area contributed by atoms with Gasteiger partial charge in [0.1, 0.15) is 17.7 Å². The second-order valence-corrected chi connectivity index (χ2v) is 5.35. The summed E-state index contributed by atoms with van der Waals surface area (Å²) in [6.07, 6.45) is 1.46. The van der Waals surface area contributed by atoms with Crippen LogP contribution in [0.2, 0.25) is 0 Å². The van der Waals surface area contributed by atoms with Gasteiger partial charge < -0.3 is 15.7 Å². The number of rotatable bonds is 4. The summed E-state index contributed by atoms with van der Waals surface area (Å²) in [5.41, 5.74) is -0.240. The van der Waals surface area contributed by atoms with Crippen LogP contribution in [0, 0.1) is 17.6 Å². The maximum absolute atomic E-state index is 13.4. The van der Waals surface area contributed by atoms with E-state index in [4.69, 9.17) is 5.11 Å². The highest BCUT2D eigenvalue weighted by atomic mass is 79.9. The molecule has 0 saturated heterocycles. The van der Waals surface area contributed by atoms with Crippen LogP contribution in [0.1, 0.15) is 12.8 Å². The Morgan fingerprint density at radius 2 is 1.95 bits per heavy atom. The summed E-state index contributed by atoms with van der Waals surface area (Å²) in [5, 5.41) is 13.4. The van der Waals surface area contributed by atoms with E-state index in [0.29, 0.717) is 6.07 Å². The lowest BCUT2D eigenvalue weighted by atomic mass is 10.2. The number of hydrogen-bond donors (Lipinski definition) is 3. The molecule has 0 aliphatic heterocycles. The summed E-state index contributed by atoms with van der Waals surface area (Å²) in [4.78, 5) is 22.6. The molecule has 2 rings (SSSR count). The Balaban J connectivity index is 2.04. The molecule has 108 valence electrons. The standard InChI is InChI=1S/C12H11BrF2N2O3/c13-6-3-9(8(15)4-7(6)14)16-12(20)17-10(11(18)19)5-1-2-5/h3-5,10H,1-2H2,(H,18,19)(H2,16,17,20). The van der Waals surface area contributed by atoms with E-state index in [1.54, 1.807) is 0 Å². The number of halogens is 3. The summed E-state index contributed by atoms with van der Waals surface area (Å²) in [5.74, 6) is -2.97. The number of aliphatic carboxylic acids is 1. The Kier molecular flexibility index (Phi) is 4.22. The predicted molar refractivity (Wildman–Crippen MR) is 70.4 cm³/mol. The van der Waals surface area contributed by atoms with Gasteiger partial charge in [0.15, 0.2) is 0 Å². The first-order valence-corrected chi connectivity index (χ1v) is 6.62. The molecule has 3 N–H and O–H groups in total. The molecule has 1 fully saturated rings. The van der Waals surface area contributed by atoms with Gasteiger partial charge in [-0.15, -0.1) is 0 Å². The average molecular weight is 349 g/mol. The van der Waals surface area contributed by atoms with Crippen molar-refractivity contribution in [2.45, 2.75) is 18.9 Å². The zero-order valence-electron chi connectivity index (χ0n) is 10.1. The van der Waals surface area contributed by atoms with Gasteiger partial charge in [0.2, 0.25) is 0 Å². The second-order valence-electron chi connectivity index (χ2n) is 4.50. The number of hydrogen-bond acceptors (Lipinski definition) is 2. The number of carbonyl (C=O) groups is 2. The topological polar surface area (TPSA) is 78.4 Å². The first-order valence-electron chi connectivity index (χ1n) is 5.83. The summed E-state index contributed by atoms with van der Waals surface area (Å²) in [6, 6.07) is -0.157. The van der Waals surface area contributed by atoms with E-state index in [-0.39, 0.29) is 16.1 Å². The first kappa shape index (κ1) is 14.7. The zero-order valence-corrected chi connectivity index (χ0v) is 11.7. The third-order valence-corrected chi connectivity index (χ3v) is 3.51. The Labute approximate surface area is 121 Å². The third kappa shape index (κ3) is 3.44. The van der Waals surface area contributed by atoms with Crippen LogP contribution in [0.25, 0.3) is 0 Å². The van der Waals surface area contributed by atoms with E-state index in [2.05, 4.69) is 26.6 Å². The zero-order chi connectivity index (χ0) is 14.9. The Morgan fingerprint density at radius 1 is 1.30 bits per heavy atom. The second kappa shape index (κ2) is 5.74. The van der Waals surface area contributed by atoms with Crippen LogP contribution >= 0.6 is 15.9 Å². The molecular weight excluding hydrogens is 338 g/mol. The van der Waals surface area contributed by atoms with E-state index in [0.717, 1.165) is 18.9 Å². The molecule has 5 nitrogen and oxygen atoms in total. The first-order chi connectivity index (χ1) is 9.38. The van der Waals surface area contributed by atoms with Gasteiger partial charge in [-0.05, 0) is 40.8 Å². The van der Waals surface area contributed by atoms with Gasteiger partial charge in [-0.2, -0.15) is 0 Å². The molecule has 20 heavy (non-hydrogen) atoms. The minimum atomic E-state index is -1.14. The van der Waals surface area contributed by atoms with E-state index in [1.165, 1.54) is 0 Å². The van der Waals surface area contributed by atoms with Crippen molar-refractivity contribution < 1.29 is 23.5 Å². The molecule has 1 aliphatic carbocycles. The number of benzene rings is 1. The van der Waals surface area contributed by atoms with Gasteiger partial charge in [-0.1, -0.05) is 0 Å². The van der Waals surface area contributed by atoms with Crippen LogP contribution in [0.3, 0.4) is 0 Å². The maximum atomic E-state index is 13.4. The van der Waals surface area contributed by atoms with Crippen molar-refractivity contribution in [2.24, 2.45) is 5.92 Å². The van der Waals surface area contributed by atoms with Gasteiger partial charge in [0, 0.05) is 6.07 Å². The number of amides is 2. The molecule has 8 heteroatoms. The van der Waals surface area contributed by atoms with Gasteiger partial charge in [-0.3, -0.25) is 0 Å². The number of urea groups is 1. The van der Waals surface area contributed by atoms with Crippen LogP contribution in [0.4, 0.5) is 19.3 Å². The molecule has 0 heterocycles. The minimum Gasteiger partial charge on any atom is -0.480 e. The lowest BCUT2D eigenvalue weighted by Gasteiger charge is -2.14. The summed E-state index contributed by atoms with van der Waals surface area (Å²) >= 11 is 2.87. The third-order valence-electron chi connectivity index (χ3n) is 2.90. The number of anilines is 1. The molecule has 0 radical (unpaired) electrons. The van der Waals surface area contributed by atoms with Crippen molar-refractivity contribution in [3.05, 3.63) is 28.2 Å². The van der Waals surface area contributed by atoms with Crippen LogP contribution in [0.15, 0.2) is 16.6 Å². The number of carbonyl (C=O) groups excluding carboxylic acids is 1. The Morgan fingerprint density at radius 3 is 2.50 bits per heavy atom. The summed E-state index contributed by atoms with van der Waals surface area (Å²) < 4.78 is 26.5. The highest BCUT2D eigenvalue weighted by molar-refractivity contribution is 9.10. The molecule has 0 spiro atoms. The molecule has 0 aromatic heterocycles. The molecule has 1 atom stereocenters. The van der Waals surface area contributed by atoms with Crippen molar-refractivity contribution in [3.8, 4) is 0 Å². The van der Waals surface area contributed by atoms with Crippen molar-refractivity contribution >= 4 is 33.6 Å². The highest BCUT2D eigenvalue weighted by Crippen LogP contribution is 2.32. The number of carboxylic acids is 1. The van der Waals surface area contributed by atoms with Crippen molar-refractivity contribution in [3.63, 3.8) is 0 Å². The van der Waals surface area contributed by atoms with Crippen LogP contribution in [-0.2, 0) is 4.79 Å². The van der Waals surface area contributed by atoms with Gasteiger partial charge in [0.25, 0.3) is 0 Å². The molecule has 1 aliphatic rings. The van der Waals surface area contributed by atoms with E-state index in [1.807, 2.05) is 0 Å². The van der Waals surface area contributed by atoms with E-state index in [9.17, 15) is 18.4 Å². The van der Waals surface area contributed by atoms with Crippen LogP contribution < -0.4 is 10.6 Å².